The molecule has 0 spiro atoms. The summed E-state index contributed by atoms with van der Waals surface area (Å²) in [5, 5.41) is 10.7. The number of ether oxygens (including phenoxy) is 1. The summed E-state index contributed by atoms with van der Waals surface area (Å²) >= 11 is 4.19. The van der Waals surface area contributed by atoms with Gasteiger partial charge in [-0.25, -0.2) is 0 Å². The van der Waals surface area contributed by atoms with Crippen LogP contribution < -0.4 is 4.74 Å². The van der Waals surface area contributed by atoms with Crippen LogP contribution in [0.15, 0.2) is 18.2 Å². The number of rotatable bonds is 7. The van der Waals surface area contributed by atoms with Crippen molar-refractivity contribution in [3.63, 3.8) is 0 Å². The molecule has 0 radical (unpaired) electrons. The average molecular weight is 269 g/mol. The Morgan fingerprint density at radius 3 is 2.78 bits per heavy atom. The Bertz CT molecular complexity index is 409. The number of nitro groups is 1. The second kappa shape index (κ2) is 7.26. The van der Waals surface area contributed by atoms with Gasteiger partial charge in [-0.3, -0.25) is 10.1 Å². The first-order valence-electron chi connectivity index (χ1n) is 6.03. The maximum absolute atomic E-state index is 10.7. The molecule has 0 aliphatic carbocycles. The topological polar surface area (TPSA) is 52.4 Å². The lowest BCUT2D eigenvalue weighted by molar-refractivity contribution is -0.384. The number of hydrogen-bond acceptors (Lipinski definition) is 4. The van der Waals surface area contributed by atoms with Crippen molar-refractivity contribution in [2.75, 3.05) is 12.4 Å². The molecule has 18 heavy (non-hydrogen) atoms. The quantitative estimate of drug-likeness (QED) is 0.467. The van der Waals surface area contributed by atoms with Crippen LogP contribution in [0.3, 0.4) is 0 Å². The number of non-ortho nitro benzene ring substituents is 1. The highest BCUT2D eigenvalue weighted by molar-refractivity contribution is 7.80. The van der Waals surface area contributed by atoms with Crippen LogP contribution in [-0.4, -0.2) is 17.3 Å². The molecule has 1 rings (SSSR count). The molecular weight excluding hydrogens is 250 g/mol. The molecule has 0 amide bonds. The molecule has 0 aliphatic heterocycles. The molecule has 0 bridgehead atoms. The first kappa shape index (κ1) is 14.8. The molecule has 0 saturated heterocycles. The zero-order valence-corrected chi connectivity index (χ0v) is 11.7. The van der Waals surface area contributed by atoms with E-state index in [4.69, 9.17) is 4.74 Å². The summed E-state index contributed by atoms with van der Waals surface area (Å²) in [5.74, 6) is 2.03. The second-order valence-corrected chi connectivity index (χ2v) is 4.91. The van der Waals surface area contributed by atoms with Gasteiger partial charge in [0.15, 0.2) is 0 Å². The van der Waals surface area contributed by atoms with Crippen LogP contribution in [0.5, 0.6) is 5.75 Å². The van der Waals surface area contributed by atoms with Crippen LogP contribution in [0.1, 0.15) is 25.3 Å². The Morgan fingerprint density at radius 2 is 2.17 bits per heavy atom. The minimum atomic E-state index is -0.407. The van der Waals surface area contributed by atoms with E-state index >= 15 is 0 Å². The largest absolute Gasteiger partial charge is 0.493 e. The molecule has 0 aliphatic rings. The molecule has 100 valence electrons. The van der Waals surface area contributed by atoms with Crippen LogP contribution in [-0.2, 0) is 0 Å². The summed E-state index contributed by atoms with van der Waals surface area (Å²) in [7, 11) is 0. The van der Waals surface area contributed by atoms with Crippen LogP contribution in [0, 0.1) is 23.0 Å². The maximum atomic E-state index is 10.7. The van der Waals surface area contributed by atoms with Gasteiger partial charge < -0.3 is 4.74 Å². The van der Waals surface area contributed by atoms with Crippen molar-refractivity contribution < 1.29 is 9.66 Å². The summed E-state index contributed by atoms with van der Waals surface area (Å²) in [6.45, 7) is 4.62. The van der Waals surface area contributed by atoms with Gasteiger partial charge in [-0.1, -0.05) is 6.92 Å². The normalized spacial score (nSPS) is 12.2. The minimum Gasteiger partial charge on any atom is -0.493 e. The zero-order valence-electron chi connectivity index (χ0n) is 10.8. The monoisotopic (exact) mass is 269 g/mol. The lowest BCUT2D eigenvalue weighted by atomic mass is 10.1. The van der Waals surface area contributed by atoms with Crippen molar-refractivity contribution in [3.05, 3.63) is 33.9 Å². The number of thiol groups is 1. The number of benzene rings is 1. The van der Waals surface area contributed by atoms with Crippen LogP contribution >= 0.6 is 12.6 Å². The van der Waals surface area contributed by atoms with E-state index in [1.165, 1.54) is 12.1 Å². The maximum Gasteiger partial charge on any atom is 0.273 e. The molecule has 0 fully saturated rings. The van der Waals surface area contributed by atoms with Gasteiger partial charge in [-0.15, -0.1) is 0 Å². The Balaban J connectivity index is 2.56. The van der Waals surface area contributed by atoms with Gasteiger partial charge in [0.05, 0.1) is 17.6 Å². The zero-order chi connectivity index (χ0) is 13.5. The highest BCUT2D eigenvalue weighted by Crippen LogP contribution is 2.24. The Kier molecular flexibility index (Phi) is 5.98. The fourth-order valence-corrected chi connectivity index (χ4v) is 2.03. The fraction of sp³-hybridized carbons (Fsp3) is 0.538. The molecule has 1 unspecified atom stereocenters. The van der Waals surface area contributed by atoms with Crippen molar-refractivity contribution >= 4 is 18.3 Å². The molecular formula is C13H19NO3S. The SMILES string of the molecule is Cc1ccc([N+](=O)[O-])cc1OCCC(C)CCS. The fourth-order valence-electron chi connectivity index (χ4n) is 1.59. The summed E-state index contributed by atoms with van der Waals surface area (Å²) in [4.78, 5) is 10.3. The van der Waals surface area contributed by atoms with Crippen molar-refractivity contribution in [1.29, 1.82) is 0 Å². The number of nitro benzene ring substituents is 1. The van der Waals surface area contributed by atoms with Gasteiger partial charge in [0.1, 0.15) is 5.75 Å². The predicted molar refractivity (Wildman–Crippen MR) is 75.6 cm³/mol. The summed E-state index contributed by atoms with van der Waals surface area (Å²) in [6, 6.07) is 4.69. The van der Waals surface area contributed by atoms with E-state index in [0.717, 1.165) is 24.2 Å². The Hall–Kier alpha value is -1.23. The van der Waals surface area contributed by atoms with E-state index in [9.17, 15) is 10.1 Å². The van der Waals surface area contributed by atoms with Crippen molar-refractivity contribution in [2.45, 2.75) is 26.7 Å². The highest BCUT2D eigenvalue weighted by atomic mass is 32.1. The summed E-state index contributed by atoms with van der Waals surface area (Å²) in [5.41, 5.74) is 0.987. The Morgan fingerprint density at radius 1 is 1.44 bits per heavy atom. The third-order valence-corrected chi connectivity index (χ3v) is 3.13. The van der Waals surface area contributed by atoms with Crippen molar-refractivity contribution in [3.8, 4) is 5.75 Å². The van der Waals surface area contributed by atoms with Crippen molar-refractivity contribution in [2.24, 2.45) is 5.92 Å². The highest BCUT2D eigenvalue weighted by Gasteiger charge is 2.10. The average Bonchev–Trinajstić information content (AvgIpc) is 2.31. The van der Waals surface area contributed by atoms with Gasteiger partial charge >= 0.3 is 0 Å². The van der Waals surface area contributed by atoms with E-state index in [1.54, 1.807) is 6.07 Å². The van der Waals surface area contributed by atoms with Crippen LogP contribution in [0.25, 0.3) is 0 Å². The first-order chi connectivity index (χ1) is 8.54. The molecule has 0 saturated carbocycles. The molecule has 1 aromatic carbocycles. The standard InChI is InChI=1S/C13H19NO3S/c1-10(6-8-18)5-7-17-13-9-12(14(15)16)4-3-11(13)2/h3-4,9-10,18H,5-8H2,1-2H3. The van der Waals surface area contributed by atoms with Gasteiger partial charge in [0.25, 0.3) is 5.69 Å². The molecule has 5 heteroatoms. The smallest absolute Gasteiger partial charge is 0.273 e. The van der Waals surface area contributed by atoms with Crippen LogP contribution in [0.2, 0.25) is 0 Å². The molecule has 0 N–H and O–H groups in total. The van der Waals surface area contributed by atoms with Gasteiger partial charge in [0.2, 0.25) is 0 Å². The van der Waals surface area contributed by atoms with E-state index in [1.807, 2.05) is 6.92 Å². The number of nitrogens with zero attached hydrogens (tertiary/aromatic N) is 1. The first-order valence-corrected chi connectivity index (χ1v) is 6.66. The van der Waals surface area contributed by atoms with Crippen molar-refractivity contribution in [1.82, 2.24) is 0 Å². The predicted octanol–water partition coefficient (Wildman–Crippen LogP) is 3.63. The molecule has 0 aromatic heterocycles. The molecule has 0 heterocycles. The van der Waals surface area contributed by atoms with E-state index in [0.29, 0.717) is 18.3 Å². The summed E-state index contributed by atoms with van der Waals surface area (Å²) in [6.07, 6.45) is 1.99. The molecule has 4 nitrogen and oxygen atoms in total. The lowest BCUT2D eigenvalue weighted by Gasteiger charge is -2.12. The minimum absolute atomic E-state index is 0.0685. The number of aryl methyl sites for hydroxylation is 1. The third-order valence-electron chi connectivity index (χ3n) is 2.87. The van der Waals surface area contributed by atoms with Crippen LogP contribution in [0.4, 0.5) is 5.69 Å². The van der Waals surface area contributed by atoms with E-state index < -0.39 is 4.92 Å². The Labute approximate surface area is 113 Å². The molecule has 1 aromatic rings. The van der Waals surface area contributed by atoms with Gasteiger partial charge in [0, 0.05) is 6.07 Å². The number of hydrogen-bond donors (Lipinski definition) is 1. The van der Waals surface area contributed by atoms with E-state index in [2.05, 4.69) is 19.6 Å². The van der Waals surface area contributed by atoms with Gasteiger partial charge in [-0.2, -0.15) is 12.6 Å². The van der Waals surface area contributed by atoms with Gasteiger partial charge in [-0.05, 0) is 43.1 Å². The summed E-state index contributed by atoms with van der Waals surface area (Å²) < 4.78 is 5.62. The lowest BCUT2D eigenvalue weighted by Crippen LogP contribution is -2.05. The molecule has 1 atom stereocenters. The second-order valence-electron chi connectivity index (χ2n) is 4.46. The van der Waals surface area contributed by atoms with E-state index in [-0.39, 0.29) is 5.69 Å². The third kappa shape index (κ3) is 4.56.